The summed E-state index contributed by atoms with van der Waals surface area (Å²) >= 11 is 0. The van der Waals surface area contributed by atoms with Gasteiger partial charge >= 0.3 is 35.8 Å². The zero-order valence-corrected chi connectivity index (χ0v) is 30.0. The fourth-order valence-electron chi connectivity index (χ4n) is 5.93. The highest BCUT2D eigenvalue weighted by molar-refractivity contribution is 5.91. The Kier molecular flexibility index (Phi) is 14.0. The molecule has 0 aliphatic carbocycles. The number of hydrogen-bond acceptors (Lipinski definition) is 16. The van der Waals surface area contributed by atoms with Crippen molar-refractivity contribution in [2.75, 3.05) is 13.2 Å². The van der Waals surface area contributed by atoms with E-state index in [0.29, 0.717) is 0 Å². The van der Waals surface area contributed by atoms with Gasteiger partial charge in [-0.1, -0.05) is 54.6 Å². The van der Waals surface area contributed by atoms with E-state index in [1.807, 2.05) is 0 Å². The van der Waals surface area contributed by atoms with Crippen LogP contribution in [0.1, 0.15) is 58.3 Å². The monoisotopic (exact) mass is 764 g/mol. The molecule has 16 nitrogen and oxygen atoms in total. The van der Waals surface area contributed by atoms with Crippen molar-refractivity contribution in [3.8, 4) is 0 Å². The fourth-order valence-corrected chi connectivity index (χ4v) is 5.93. The predicted molar refractivity (Wildman–Crippen MR) is 185 cm³/mol. The van der Waals surface area contributed by atoms with Crippen molar-refractivity contribution in [3.05, 3.63) is 108 Å². The summed E-state index contributed by atoms with van der Waals surface area (Å²) in [4.78, 5) is 76.0. The smallest absolute Gasteiger partial charge is 0.338 e. The van der Waals surface area contributed by atoms with Gasteiger partial charge in [-0.2, -0.15) is 0 Å². The molecule has 292 valence electrons. The summed E-state index contributed by atoms with van der Waals surface area (Å²) in [6.07, 6.45) is -13.3. The molecule has 0 saturated carbocycles. The minimum absolute atomic E-state index is 0.103. The number of ether oxygens (including phenoxy) is 9. The molecular weight excluding hydrogens is 724 g/mol. The van der Waals surface area contributed by atoms with Crippen LogP contribution in [0.3, 0.4) is 0 Å². The third-order valence-corrected chi connectivity index (χ3v) is 8.37. The molecule has 2 aliphatic heterocycles. The Balaban J connectivity index is 1.46. The molecule has 3 aromatic rings. The molecule has 0 spiro atoms. The minimum atomic E-state index is -1.95. The van der Waals surface area contributed by atoms with Gasteiger partial charge in [0.15, 0.2) is 37.0 Å². The van der Waals surface area contributed by atoms with Gasteiger partial charge in [0.1, 0.15) is 24.9 Å². The molecule has 16 heteroatoms. The van der Waals surface area contributed by atoms with Crippen LogP contribution in [0.5, 0.6) is 0 Å². The van der Waals surface area contributed by atoms with Gasteiger partial charge in [0.25, 0.3) is 0 Å². The molecule has 0 bridgehead atoms. The van der Waals surface area contributed by atoms with Crippen LogP contribution < -0.4 is 0 Å². The van der Waals surface area contributed by atoms with Crippen molar-refractivity contribution in [2.24, 2.45) is 0 Å². The van der Waals surface area contributed by atoms with Gasteiger partial charge in [0, 0.05) is 27.2 Å². The Labute approximate surface area is 315 Å². The van der Waals surface area contributed by atoms with Crippen LogP contribution in [0.15, 0.2) is 91.0 Å². The number of aliphatic hydroxyl groups excluding tert-OH is 1. The number of carbonyl (C=O) groups excluding carboxylic acids is 6. The van der Waals surface area contributed by atoms with Crippen molar-refractivity contribution < 1.29 is 76.5 Å². The van der Waals surface area contributed by atoms with Crippen LogP contribution in [0.2, 0.25) is 0 Å². The molecule has 2 fully saturated rings. The SMILES string of the molecule is CC(=O)OC[C@H]1O[C@@H](OC[C@H]2O[C@H](O)[C@H](OC(=O)c3ccccc3)[C@@H](OC(=O)c3ccccc3)[C@@H]2OC(=O)c2ccccc2)C[C@@H](OC(C)=O)[C@@H]1OC(C)=O. The Bertz CT molecular complexity index is 1780. The third kappa shape index (κ3) is 11.2. The van der Waals surface area contributed by atoms with E-state index in [-0.39, 0.29) is 23.1 Å². The Hall–Kier alpha value is -5.68. The van der Waals surface area contributed by atoms with Crippen LogP contribution in [-0.2, 0) is 57.0 Å². The average molecular weight is 765 g/mol. The molecule has 1 N–H and O–H groups in total. The van der Waals surface area contributed by atoms with Crippen molar-refractivity contribution >= 4 is 35.8 Å². The van der Waals surface area contributed by atoms with Gasteiger partial charge in [-0.3, -0.25) is 14.4 Å². The Morgan fingerprint density at radius 1 is 0.545 bits per heavy atom. The van der Waals surface area contributed by atoms with Crippen molar-refractivity contribution in [2.45, 2.75) is 82.5 Å². The standard InChI is InChI=1S/C39H40O16/c1-22(40)47-20-29-32(50-24(3)42)28(49-23(2)41)19-31(51-29)48-21-30-33(53-36(43)25-13-7-4-8-14-25)34(54-37(44)26-15-9-5-10-16-26)35(39(46)52-30)55-38(45)27-17-11-6-12-18-27/h4-18,28-35,39,46H,19-21H2,1-3H3/t28-,29-,30-,31-,32+,33-,34+,35-,39+/m1/s1. The van der Waals surface area contributed by atoms with Crippen molar-refractivity contribution in [1.82, 2.24) is 0 Å². The number of carbonyl (C=O) groups is 6. The maximum absolute atomic E-state index is 13.6. The maximum atomic E-state index is 13.6. The lowest BCUT2D eigenvalue weighted by Gasteiger charge is -2.44. The van der Waals surface area contributed by atoms with Gasteiger partial charge in [0.05, 0.1) is 23.3 Å². The summed E-state index contributed by atoms with van der Waals surface area (Å²) in [7, 11) is 0. The molecular formula is C39H40O16. The van der Waals surface area contributed by atoms with E-state index in [2.05, 4.69) is 0 Å². The Morgan fingerprint density at radius 2 is 1.00 bits per heavy atom. The lowest BCUT2D eigenvalue weighted by atomic mass is 9.97. The largest absolute Gasteiger partial charge is 0.463 e. The fraction of sp³-hybridized carbons (Fsp3) is 0.385. The first-order chi connectivity index (χ1) is 26.4. The number of rotatable bonds is 13. The van der Waals surface area contributed by atoms with E-state index in [9.17, 15) is 33.9 Å². The van der Waals surface area contributed by atoms with E-state index in [1.54, 1.807) is 54.6 Å². The number of benzene rings is 3. The summed E-state index contributed by atoms with van der Waals surface area (Å²) in [5.41, 5.74) is 0.327. The maximum Gasteiger partial charge on any atom is 0.338 e. The molecule has 0 unspecified atom stereocenters. The first-order valence-electron chi connectivity index (χ1n) is 17.3. The molecule has 3 aromatic carbocycles. The van der Waals surface area contributed by atoms with Crippen molar-refractivity contribution in [1.29, 1.82) is 0 Å². The Morgan fingerprint density at radius 3 is 1.47 bits per heavy atom. The van der Waals surface area contributed by atoms with E-state index in [0.717, 1.165) is 20.8 Å². The molecule has 2 heterocycles. The van der Waals surface area contributed by atoms with Gasteiger partial charge < -0.3 is 47.7 Å². The van der Waals surface area contributed by atoms with Gasteiger partial charge in [-0.05, 0) is 36.4 Å². The predicted octanol–water partition coefficient (Wildman–Crippen LogP) is 2.94. The highest BCUT2D eigenvalue weighted by Gasteiger charge is 2.53. The molecule has 0 radical (unpaired) electrons. The number of esters is 6. The summed E-state index contributed by atoms with van der Waals surface area (Å²) in [6, 6.07) is 23.5. The lowest BCUT2D eigenvalue weighted by Crippen LogP contribution is -2.63. The molecule has 2 saturated heterocycles. The number of aliphatic hydroxyl groups is 1. The first-order valence-corrected chi connectivity index (χ1v) is 17.3. The number of hydrogen-bond donors (Lipinski definition) is 1. The van der Waals surface area contributed by atoms with Crippen LogP contribution in [0, 0.1) is 0 Å². The van der Waals surface area contributed by atoms with E-state index in [1.165, 1.54) is 36.4 Å². The highest BCUT2D eigenvalue weighted by atomic mass is 16.7. The zero-order valence-electron chi connectivity index (χ0n) is 30.0. The molecule has 0 amide bonds. The second kappa shape index (κ2) is 19.1. The van der Waals surface area contributed by atoms with Crippen LogP contribution >= 0.6 is 0 Å². The molecule has 55 heavy (non-hydrogen) atoms. The normalized spacial score (nSPS) is 26.1. The zero-order chi connectivity index (χ0) is 39.5. The van der Waals surface area contributed by atoms with Gasteiger partial charge in [-0.15, -0.1) is 0 Å². The summed E-state index contributed by atoms with van der Waals surface area (Å²) in [5, 5.41) is 11.3. The van der Waals surface area contributed by atoms with Crippen LogP contribution in [-0.4, -0.2) is 109 Å². The summed E-state index contributed by atoms with van der Waals surface area (Å²) in [5.74, 6) is -4.76. The van der Waals surface area contributed by atoms with Crippen molar-refractivity contribution in [3.63, 3.8) is 0 Å². The summed E-state index contributed by atoms with van der Waals surface area (Å²) < 4.78 is 51.3. The topological polar surface area (TPSA) is 206 Å². The van der Waals surface area contributed by atoms with E-state index < -0.39 is 104 Å². The second-order valence-electron chi connectivity index (χ2n) is 12.5. The highest BCUT2D eigenvalue weighted by Crippen LogP contribution is 2.32. The minimum Gasteiger partial charge on any atom is -0.463 e. The first kappa shape index (κ1) is 40.5. The van der Waals surface area contributed by atoms with Gasteiger partial charge in [-0.25, -0.2) is 14.4 Å². The quantitative estimate of drug-likeness (QED) is 0.196. The second-order valence-corrected chi connectivity index (χ2v) is 12.5. The lowest BCUT2D eigenvalue weighted by molar-refractivity contribution is -0.307. The van der Waals surface area contributed by atoms with Crippen LogP contribution in [0.25, 0.3) is 0 Å². The molecule has 2 aliphatic rings. The molecule has 9 atom stereocenters. The molecule has 0 aromatic heterocycles. The van der Waals surface area contributed by atoms with E-state index >= 15 is 0 Å². The third-order valence-electron chi connectivity index (χ3n) is 8.37. The van der Waals surface area contributed by atoms with Gasteiger partial charge in [0.2, 0.25) is 0 Å². The van der Waals surface area contributed by atoms with Crippen LogP contribution in [0.4, 0.5) is 0 Å². The average Bonchev–Trinajstić information content (AvgIpc) is 3.17. The summed E-state index contributed by atoms with van der Waals surface area (Å²) in [6.45, 7) is 2.52. The molecule has 5 rings (SSSR count). The van der Waals surface area contributed by atoms with E-state index in [4.69, 9.17) is 42.6 Å².